The van der Waals surface area contributed by atoms with Crippen LogP contribution >= 0.6 is 27.7 Å². The van der Waals surface area contributed by atoms with Crippen LogP contribution in [0.5, 0.6) is 0 Å². The van der Waals surface area contributed by atoms with Crippen LogP contribution in [-0.2, 0) is 0 Å². The number of nitrogen functional groups attached to an aromatic ring is 1. The van der Waals surface area contributed by atoms with Crippen LogP contribution in [0.1, 0.15) is 6.92 Å². The van der Waals surface area contributed by atoms with Crippen LogP contribution < -0.4 is 5.73 Å². The molecule has 0 saturated carbocycles. The molecule has 1 rings (SSSR count). The monoisotopic (exact) mass is 260 g/mol. The molecule has 1 heterocycles. The summed E-state index contributed by atoms with van der Waals surface area (Å²) in [6.07, 6.45) is 3.52. The molecule has 4 nitrogen and oxygen atoms in total. The van der Waals surface area contributed by atoms with Crippen LogP contribution in [0.25, 0.3) is 0 Å². The largest absolute Gasteiger partial charge is 0.381 e. The second-order valence-electron chi connectivity index (χ2n) is 2.24. The third-order valence-electron chi connectivity index (χ3n) is 1.31. The lowest BCUT2D eigenvalue weighted by atomic mass is 10.6. The van der Waals surface area contributed by atoms with Gasteiger partial charge in [0.15, 0.2) is 11.6 Å². The molecule has 13 heavy (non-hydrogen) atoms. The molecule has 70 valence electrons. The summed E-state index contributed by atoms with van der Waals surface area (Å²) in [5, 5.41) is 0.906. The van der Waals surface area contributed by atoms with E-state index in [2.05, 4.69) is 30.9 Å². The van der Waals surface area contributed by atoms with E-state index in [1.165, 1.54) is 0 Å². The van der Waals surface area contributed by atoms with Gasteiger partial charge in [-0.25, -0.2) is 15.0 Å². The number of hydrogen-bond acceptors (Lipinski definition) is 5. The van der Waals surface area contributed by atoms with Crippen molar-refractivity contribution in [3.05, 3.63) is 10.8 Å². The first kappa shape index (κ1) is 10.5. The molecule has 6 heteroatoms. The van der Waals surface area contributed by atoms with E-state index < -0.39 is 0 Å². The first-order chi connectivity index (χ1) is 6.13. The van der Waals surface area contributed by atoms with Gasteiger partial charge in [0, 0.05) is 0 Å². The fourth-order valence-electron chi connectivity index (χ4n) is 0.655. The van der Waals surface area contributed by atoms with Gasteiger partial charge in [0.05, 0.1) is 11.2 Å². The van der Waals surface area contributed by atoms with E-state index in [0.717, 1.165) is 5.04 Å². The van der Waals surface area contributed by atoms with Crippen molar-refractivity contribution in [1.82, 2.24) is 9.97 Å². The van der Waals surface area contributed by atoms with Gasteiger partial charge in [-0.1, -0.05) is 0 Å². The molecule has 0 spiro atoms. The summed E-state index contributed by atoms with van der Waals surface area (Å²) in [6, 6.07) is 0. The number of hydrogen-bond donors (Lipinski definition) is 1. The van der Waals surface area contributed by atoms with Crippen molar-refractivity contribution in [2.75, 3.05) is 12.0 Å². The Morgan fingerprint density at radius 3 is 2.92 bits per heavy atom. The highest BCUT2D eigenvalue weighted by Gasteiger charge is 2.01. The molecule has 0 aliphatic heterocycles. The SMILES string of the molecule is CSC(C)=Nc1ncc(Br)nc1N. The van der Waals surface area contributed by atoms with Crippen LogP contribution in [0.3, 0.4) is 0 Å². The van der Waals surface area contributed by atoms with E-state index in [-0.39, 0.29) is 0 Å². The van der Waals surface area contributed by atoms with Gasteiger partial charge in [-0.2, -0.15) is 0 Å². The zero-order chi connectivity index (χ0) is 9.84. The molecule has 0 radical (unpaired) electrons. The molecule has 1 aromatic heterocycles. The molecule has 0 bridgehead atoms. The summed E-state index contributed by atoms with van der Waals surface area (Å²) in [6.45, 7) is 1.90. The van der Waals surface area contributed by atoms with Crippen molar-refractivity contribution < 1.29 is 0 Å². The molecule has 0 atom stereocenters. The van der Waals surface area contributed by atoms with Crippen molar-refractivity contribution in [2.45, 2.75) is 6.92 Å². The van der Waals surface area contributed by atoms with Crippen molar-refractivity contribution in [1.29, 1.82) is 0 Å². The summed E-state index contributed by atoms with van der Waals surface area (Å²) in [4.78, 5) is 12.2. The summed E-state index contributed by atoms with van der Waals surface area (Å²) < 4.78 is 0.616. The average molecular weight is 261 g/mol. The quantitative estimate of drug-likeness (QED) is 0.622. The average Bonchev–Trinajstić information content (AvgIpc) is 2.09. The second-order valence-corrected chi connectivity index (χ2v) is 4.05. The van der Waals surface area contributed by atoms with Gasteiger partial charge >= 0.3 is 0 Å². The van der Waals surface area contributed by atoms with E-state index in [1.54, 1.807) is 18.0 Å². The Morgan fingerprint density at radius 2 is 2.38 bits per heavy atom. The Labute approximate surface area is 89.2 Å². The molecule has 0 aliphatic rings. The minimum atomic E-state index is 0.336. The number of nitrogens with zero attached hydrogens (tertiary/aromatic N) is 3. The number of thioether (sulfide) groups is 1. The highest BCUT2D eigenvalue weighted by molar-refractivity contribution is 9.10. The van der Waals surface area contributed by atoms with Gasteiger partial charge in [-0.15, -0.1) is 11.8 Å². The predicted molar refractivity (Wildman–Crippen MR) is 60.4 cm³/mol. The summed E-state index contributed by atoms with van der Waals surface area (Å²) in [5.41, 5.74) is 5.60. The fourth-order valence-corrected chi connectivity index (χ4v) is 1.13. The van der Waals surface area contributed by atoms with Crippen LogP contribution in [0.2, 0.25) is 0 Å². The smallest absolute Gasteiger partial charge is 0.195 e. The molecular weight excluding hydrogens is 252 g/mol. The molecule has 0 saturated heterocycles. The Morgan fingerprint density at radius 1 is 1.69 bits per heavy atom. The van der Waals surface area contributed by atoms with Crippen LogP contribution in [0.4, 0.5) is 11.6 Å². The number of nitrogens with two attached hydrogens (primary N) is 1. The van der Waals surface area contributed by atoms with E-state index in [0.29, 0.717) is 16.2 Å². The van der Waals surface area contributed by atoms with E-state index >= 15 is 0 Å². The third kappa shape index (κ3) is 2.96. The Balaban J connectivity index is 3.03. The lowest BCUT2D eigenvalue weighted by Gasteiger charge is -1.99. The van der Waals surface area contributed by atoms with Gasteiger partial charge in [0.2, 0.25) is 0 Å². The van der Waals surface area contributed by atoms with Crippen molar-refractivity contribution in [2.24, 2.45) is 4.99 Å². The maximum absolute atomic E-state index is 5.60. The molecule has 0 aromatic carbocycles. The van der Waals surface area contributed by atoms with Crippen molar-refractivity contribution in [3.8, 4) is 0 Å². The topological polar surface area (TPSA) is 64.2 Å². The van der Waals surface area contributed by atoms with Gasteiger partial charge in [-0.05, 0) is 29.1 Å². The molecule has 0 amide bonds. The van der Waals surface area contributed by atoms with Gasteiger partial charge < -0.3 is 5.73 Å². The van der Waals surface area contributed by atoms with Gasteiger partial charge in [0.25, 0.3) is 0 Å². The molecule has 0 unspecified atom stereocenters. The Kier molecular flexibility index (Phi) is 3.68. The van der Waals surface area contributed by atoms with E-state index in [1.807, 2.05) is 13.2 Å². The van der Waals surface area contributed by atoms with Gasteiger partial charge in [-0.3, -0.25) is 0 Å². The summed E-state index contributed by atoms with van der Waals surface area (Å²) >= 11 is 4.72. The predicted octanol–water partition coefficient (Wildman–Crippen LogP) is 2.23. The first-order valence-corrected chi connectivity index (χ1v) is 5.52. The maximum atomic E-state index is 5.60. The first-order valence-electron chi connectivity index (χ1n) is 3.50. The van der Waals surface area contributed by atoms with Crippen LogP contribution in [0.15, 0.2) is 15.8 Å². The number of anilines is 1. The Bertz CT molecular complexity index is 339. The lowest BCUT2D eigenvalue weighted by molar-refractivity contribution is 1.16. The fraction of sp³-hybridized carbons (Fsp3) is 0.286. The second kappa shape index (κ2) is 4.57. The molecule has 0 aliphatic carbocycles. The molecular formula is C7H9BrN4S. The molecule has 0 fully saturated rings. The number of aromatic nitrogens is 2. The van der Waals surface area contributed by atoms with Crippen molar-refractivity contribution >= 4 is 44.4 Å². The minimum absolute atomic E-state index is 0.336. The summed E-state index contributed by atoms with van der Waals surface area (Å²) in [5.74, 6) is 0.804. The normalized spacial score (nSPS) is 11.8. The highest BCUT2D eigenvalue weighted by Crippen LogP contribution is 2.19. The lowest BCUT2D eigenvalue weighted by Crippen LogP contribution is -1.94. The third-order valence-corrected chi connectivity index (χ3v) is 2.37. The van der Waals surface area contributed by atoms with Crippen LogP contribution in [-0.4, -0.2) is 21.3 Å². The van der Waals surface area contributed by atoms with E-state index in [4.69, 9.17) is 5.73 Å². The zero-order valence-corrected chi connectivity index (χ0v) is 9.69. The summed E-state index contributed by atoms with van der Waals surface area (Å²) in [7, 11) is 0. The number of aliphatic imine (C=N–C) groups is 1. The highest BCUT2D eigenvalue weighted by atomic mass is 79.9. The zero-order valence-electron chi connectivity index (χ0n) is 7.28. The standard InChI is InChI=1S/C7H9BrN4S/c1-4(13-2)11-7-6(9)12-5(8)3-10-7/h3H,1-2H3,(H2,9,12). The van der Waals surface area contributed by atoms with Crippen LogP contribution in [0, 0.1) is 0 Å². The minimum Gasteiger partial charge on any atom is -0.381 e. The Hall–Kier alpha value is -0.620. The van der Waals surface area contributed by atoms with Crippen molar-refractivity contribution in [3.63, 3.8) is 0 Å². The molecule has 1 aromatic rings. The number of rotatable bonds is 1. The maximum Gasteiger partial charge on any atom is 0.195 e. The van der Waals surface area contributed by atoms with E-state index in [9.17, 15) is 0 Å². The number of halogens is 1. The molecule has 2 N–H and O–H groups in total. The van der Waals surface area contributed by atoms with Gasteiger partial charge in [0.1, 0.15) is 4.60 Å².